The van der Waals surface area contributed by atoms with Crippen molar-refractivity contribution in [3.8, 4) is 5.75 Å². The number of carbonyl (C=O) groups excluding carboxylic acids is 1. The number of nitrogens with zero attached hydrogens (tertiary/aromatic N) is 1. The molecule has 0 bridgehead atoms. The van der Waals surface area contributed by atoms with E-state index in [4.69, 9.17) is 4.74 Å². The van der Waals surface area contributed by atoms with Crippen molar-refractivity contribution in [2.75, 3.05) is 17.2 Å². The molecule has 0 fully saturated rings. The fourth-order valence-electron chi connectivity index (χ4n) is 1.78. The van der Waals surface area contributed by atoms with E-state index in [1.165, 1.54) is 0 Å². The number of hydrogen-bond acceptors (Lipinski definition) is 4. The predicted molar refractivity (Wildman–Crippen MR) is 88.6 cm³/mol. The van der Waals surface area contributed by atoms with Crippen molar-refractivity contribution in [3.63, 3.8) is 0 Å². The van der Waals surface area contributed by atoms with E-state index >= 15 is 0 Å². The summed E-state index contributed by atoms with van der Waals surface area (Å²) < 4.78 is 5.40. The zero-order chi connectivity index (χ0) is 15.9. The Morgan fingerprint density at radius 2 is 1.82 bits per heavy atom. The molecule has 0 spiro atoms. The van der Waals surface area contributed by atoms with Gasteiger partial charge in [0, 0.05) is 11.6 Å². The maximum absolute atomic E-state index is 11.6. The van der Waals surface area contributed by atoms with Crippen molar-refractivity contribution < 1.29 is 9.53 Å². The van der Waals surface area contributed by atoms with E-state index in [9.17, 15) is 4.79 Å². The highest BCUT2D eigenvalue weighted by molar-refractivity contribution is 5.91. The summed E-state index contributed by atoms with van der Waals surface area (Å²) in [6, 6.07) is 11.3. The molecule has 1 aromatic heterocycles. The number of aromatic nitrogens is 1. The highest BCUT2D eigenvalue weighted by atomic mass is 16.5. The summed E-state index contributed by atoms with van der Waals surface area (Å²) in [4.78, 5) is 15.9. The van der Waals surface area contributed by atoms with E-state index in [0.717, 1.165) is 11.4 Å². The Morgan fingerprint density at radius 1 is 1.14 bits per heavy atom. The molecule has 116 valence electrons. The molecule has 0 radical (unpaired) electrons. The first kappa shape index (κ1) is 15.8. The summed E-state index contributed by atoms with van der Waals surface area (Å²) in [5.74, 6) is 1.48. The maximum atomic E-state index is 11.6. The fourth-order valence-corrected chi connectivity index (χ4v) is 1.78. The Labute approximate surface area is 130 Å². The lowest BCUT2D eigenvalue weighted by atomic mass is 10.2. The molecule has 5 nitrogen and oxygen atoms in total. The summed E-state index contributed by atoms with van der Waals surface area (Å²) in [5, 5.41) is 6.01. The molecule has 0 aliphatic carbocycles. The lowest BCUT2D eigenvalue weighted by molar-refractivity contribution is -0.118. The van der Waals surface area contributed by atoms with Crippen LogP contribution in [0.5, 0.6) is 5.75 Å². The maximum Gasteiger partial charge on any atom is 0.226 e. The Balaban J connectivity index is 1.97. The standard InChI is InChI=1S/C17H21N3O2/c1-4-22-15-8-5-13(6-9-15)19-16-10-7-14(11-18-16)20-17(21)12(2)3/h5-12H,4H2,1-3H3,(H,18,19)(H,20,21). The van der Waals surface area contributed by atoms with E-state index < -0.39 is 0 Å². The summed E-state index contributed by atoms with van der Waals surface area (Å²) >= 11 is 0. The van der Waals surface area contributed by atoms with Gasteiger partial charge < -0.3 is 15.4 Å². The number of anilines is 3. The highest BCUT2D eigenvalue weighted by Gasteiger charge is 2.07. The average molecular weight is 299 g/mol. The molecular weight excluding hydrogens is 278 g/mol. The quantitative estimate of drug-likeness (QED) is 0.851. The predicted octanol–water partition coefficient (Wildman–Crippen LogP) is 3.82. The van der Waals surface area contributed by atoms with Gasteiger partial charge in [-0.15, -0.1) is 0 Å². The third-order valence-electron chi connectivity index (χ3n) is 2.99. The van der Waals surface area contributed by atoms with Gasteiger partial charge in [0.1, 0.15) is 11.6 Å². The van der Waals surface area contributed by atoms with Gasteiger partial charge in [-0.25, -0.2) is 4.98 Å². The van der Waals surface area contributed by atoms with E-state index in [1.54, 1.807) is 6.20 Å². The Bertz CT molecular complexity index is 607. The van der Waals surface area contributed by atoms with Gasteiger partial charge in [0.2, 0.25) is 5.91 Å². The first-order chi connectivity index (χ1) is 10.6. The molecule has 0 unspecified atom stereocenters. The van der Waals surface area contributed by atoms with Crippen molar-refractivity contribution in [3.05, 3.63) is 42.6 Å². The monoisotopic (exact) mass is 299 g/mol. The Kier molecular flexibility index (Phi) is 5.36. The van der Waals surface area contributed by atoms with Gasteiger partial charge in [-0.1, -0.05) is 13.8 Å². The van der Waals surface area contributed by atoms with Crippen LogP contribution in [0.1, 0.15) is 20.8 Å². The third-order valence-corrected chi connectivity index (χ3v) is 2.99. The molecule has 5 heteroatoms. The van der Waals surface area contributed by atoms with Crippen LogP contribution >= 0.6 is 0 Å². The van der Waals surface area contributed by atoms with Crippen LogP contribution in [0.2, 0.25) is 0 Å². The lowest BCUT2D eigenvalue weighted by Gasteiger charge is -2.09. The normalized spacial score (nSPS) is 10.4. The SMILES string of the molecule is CCOc1ccc(Nc2ccc(NC(=O)C(C)C)cn2)cc1. The van der Waals surface area contributed by atoms with Crippen LogP contribution < -0.4 is 15.4 Å². The molecule has 0 atom stereocenters. The van der Waals surface area contributed by atoms with E-state index in [2.05, 4.69) is 15.6 Å². The first-order valence-corrected chi connectivity index (χ1v) is 7.35. The molecule has 0 aliphatic heterocycles. The molecule has 2 rings (SSSR count). The van der Waals surface area contributed by atoms with Crippen molar-refractivity contribution >= 4 is 23.1 Å². The van der Waals surface area contributed by atoms with Gasteiger partial charge in [0.05, 0.1) is 18.5 Å². The average Bonchev–Trinajstić information content (AvgIpc) is 2.51. The molecule has 0 aliphatic rings. The van der Waals surface area contributed by atoms with Crippen molar-refractivity contribution in [2.24, 2.45) is 5.92 Å². The molecule has 22 heavy (non-hydrogen) atoms. The van der Waals surface area contributed by atoms with Gasteiger partial charge >= 0.3 is 0 Å². The van der Waals surface area contributed by atoms with Gasteiger partial charge in [0.25, 0.3) is 0 Å². The van der Waals surface area contributed by atoms with Gasteiger partial charge in [-0.2, -0.15) is 0 Å². The number of benzene rings is 1. The Hall–Kier alpha value is -2.56. The second-order valence-corrected chi connectivity index (χ2v) is 5.16. The second kappa shape index (κ2) is 7.45. The summed E-state index contributed by atoms with van der Waals surface area (Å²) in [7, 11) is 0. The zero-order valence-electron chi connectivity index (χ0n) is 13.1. The number of nitrogens with one attached hydrogen (secondary N) is 2. The number of pyridine rings is 1. The van der Waals surface area contributed by atoms with Gasteiger partial charge in [-0.3, -0.25) is 4.79 Å². The number of ether oxygens (including phenoxy) is 1. The van der Waals surface area contributed by atoms with Gasteiger partial charge in [0.15, 0.2) is 0 Å². The fraction of sp³-hybridized carbons (Fsp3) is 0.294. The summed E-state index contributed by atoms with van der Waals surface area (Å²) in [6.07, 6.45) is 1.64. The molecule has 0 saturated carbocycles. The van der Waals surface area contributed by atoms with Crippen LogP contribution in [0.15, 0.2) is 42.6 Å². The van der Waals surface area contributed by atoms with Crippen LogP contribution in [0.3, 0.4) is 0 Å². The summed E-state index contributed by atoms with van der Waals surface area (Å²) in [6.45, 7) is 6.31. The molecular formula is C17H21N3O2. The number of hydrogen-bond donors (Lipinski definition) is 2. The molecule has 0 saturated heterocycles. The highest BCUT2D eigenvalue weighted by Crippen LogP contribution is 2.19. The van der Waals surface area contributed by atoms with Gasteiger partial charge in [-0.05, 0) is 43.3 Å². The van der Waals surface area contributed by atoms with Crippen molar-refractivity contribution in [1.82, 2.24) is 4.98 Å². The number of rotatable bonds is 6. The minimum Gasteiger partial charge on any atom is -0.494 e. The molecule has 1 amide bonds. The molecule has 1 aromatic carbocycles. The van der Waals surface area contributed by atoms with Crippen molar-refractivity contribution in [1.29, 1.82) is 0 Å². The molecule has 1 heterocycles. The minimum absolute atomic E-state index is 0.0194. The zero-order valence-corrected chi connectivity index (χ0v) is 13.1. The third kappa shape index (κ3) is 4.48. The summed E-state index contributed by atoms with van der Waals surface area (Å²) in [5.41, 5.74) is 1.62. The minimum atomic E-state index is -0.0540. The topological polar surface area (TPSA) is 63.2 Å². The largest absolute Gasteiger partial charge is 0.494 e. The van der Waals surface area contributed by atoms with Crippen LogP contribution in [0.4, 0.5) is 17.2 Å². The van der Waals surface area contributed by atoms with Crippen LogP contribution in [-0.4, -0.2) is 17.5 Å². The second-order valence-electron chi connectivity index (χ2n) is 5.16. The van der Waals surface area contributed by atoms with E-state index in [0.29, 0.717) is 18.1 Å². The Morgan fingerprint density at radius 3 is 2.36 bits per heavy atom. The number of amides is 1. The van der Waals surface area contributed by atoms with Crippen LogP contribution in [0.25, 0.3) is 0 Å². The smallest absolute Gasteiger partial charge is 0.226 e. The van der Waals surface area contributed by atoms with Crippen molar-refractivity contribution in [2.45, 2.75) is 20.8 Å². The number of carbonyl (C=O) groups is 1. The lowest BCUT2D eigenvalue weighted by Crippen LogP contribution is -2.17. The molecule has 2 N–H and O–H groups in total. The van der Waals surface area contributed by atoms with E-state index in [-0.39, 0.29) is 11.8 Å². The first-order valence-electron chi connectivity index (χ1n) is 7.35. The van der Waals surface area contributed by atoms with Crippen LogP contribution in [-0.2, 0) is 4.79 Å². The molecule has 2 aromatic rings. The van der Waals surface area contributed by atoms with E-state index in [1.807, 2.05) is 57.2 Å². The van der Waals surface area contributed by atoms with Crippen LogP contribution in [0, 0.1) is 5.92 Å².